The van der Waals surface area contributed by atoms with E-state index in [-0.39, 0.29) is 35.4 Å². The Hall–Kier alpha value is -2.24. The third kappa shape index (κ3) is 3.87. The Balaban J connectivity index is 2.06. The molecule has 0 aromatic carbocycles. The van der Waals surface area contributed by atoms with Crippen LogP contribution in [0.5, 0.6) is 5.88 Å². The predicted molar refractivity (Wildman–Crippen MR) is 72.9 cm³/mol. The van der Waals surface area contributed by atoms with Crippen LogP contribution in [0.25, 0.3) is 0 Å². The Morgan fingerprint density at radius 2 is 2.48 bits per heavy atom. The first-order valence-corrected chi connectivity index (χ1v) is 6.47. The monoisotopic (exact) mass is 292 g/mol. The summed E-state index contributed by atoms with van der Waals surface area (Å²) in [5.74, 6) is -0.106. The van der Waals surface area contributed by atoms with Crippen LogP contribution in [-0.4, -0.2) is 41.3 Å². The molecule has 2 heterocycles. The molecule has 1 fully saturated rings. The van der Waals surface area contributed by atoms with E-state index in [1.54, 1.807) is 0 Å². The van der Waals surface area contributed by atoms with Gasteiger partial charge in [-0.25, -0.2) is 4.98 Å². The fraction of sp³-hybridized carbons (Fsp3) is 0.538. The first-order valence-electron chi connectivity index (χ1n) is 6.47. The maximum absolute atomic E-state index is 11.0. The van der Waals surface area contributed by atoms with Crippen LogP contribution in [0.15, 0.2) is 12.3 Å². The van der Waals surface area contributed by atoms with Gasteiger partial charge < -0.3 is 14.8 Å². The van der Waals surface area contributed by atoms with E-state index in [0.29, 0.717) is 6.54 Å². The van der Waals surface area contributed by atoms with E-state index in [1.165, 1.54) is 6.20 Å². The van der Waals surface area contributed by atoms with Crippen molar-refractivity contribution in [3.05, 3.63) is 27.9 Å². The molecule has 1 atom stereocenters. The average molecular weight is 292 g/mol. The third-order valence-electron chi connectivity index (χ3n) is 2.97. The number of hydrogen-bond acceptors (Lipinski definition) is 7. The SMILES string of the molecule is CC1(C)CNCC(COc2ncc(C#N)cc2[N+](=O)[O-])O1. The second-order valence-electron chi connectivity index (χ2n) is 5.36. The van der Waals surface area contributed by atoms with Gasteiger partial charge in [0.15, 0.2) is 0 Å². The van der Waals surface area contributed by atoms with Crippen molar-refractivity contribution in [1.29, 1.82) is 5.26 Å². The van der Waals surface area contributed by atoms with Gasteiger partial charge in [0.25, 0.3) is 5.88 Å². The molecular weight excluding hydrogens is 276 g/mol. The van der Waals surface area contributed by atoms with E-state index in [2.05, 4.69) is 10.3 Å². The van der Waals surface area contributed by atoms with Crippen molar-refractivity contribution >= 4 is 5.69 Å². The summed E-state index contributed by atoms with van der Waals surface area (Å²) >= 11 is 0. The predicted octanol–water partition coefficient (Wildman–Crippen LogP) is 1.01. The minimum Gasteiger partial charge on any atom is -0.470 e. The number of morpholine rings is 1. The molecule has 0 radical (unpaired) electrons. The molecule has 1 N–H and O–H groups in total. The Bertz CT molecular complexity index is 582. The van der Waals surface area contributed by atoms with Crippen LogP contribution in [0.4, 0.5) is 5.69 Å². The van der Waals surface area contributed by atoms with Gasteiger partial charge in [0, 0.05) is 25.4 Å². The van der Waals surface area contributed by atoms with Crippen molar-refractivity contribution in [2.24, 2.45) is 0 Å². The Morgan fingerprint density at radius 1 is 1.71 bits per heavy atom. The summed E-state index contributed by atoms with van der Waals surface area (Å²) in [5.41, 5.74) is -0.515. The molecule has 1 aliphatic rings. The Labute approximate surface area is 121 Å². The van der Waals surface area contributed by atoms with Crippen molar-refractivity contribution in [2.45, 2.75) is 25.6 Å². The number of nitrogens with zero attached hydrogens (tertiary/aromatic N) is 3. The minimum atomic E-state index is -0.618. The van der Waals surface area contributed by atoms with E-state index in [4.69, 9.17) is 14.7 Å². The summed E-state index contributed by atoms with van der Waals surface area (Å²) in [7, 11) is 0. The second-order valence-corrected chi connectivity index (χ2v) is 5.36. The molecule has 0 saturated carbocycles. The van der Waals surface area contributed by atoms with Crippen LogP contribution in [0.3, 0.4) is 0 Å². The summed E-state index contributed by atoms with van der Waals surface area (Å²) in [5, 5.41) is 22.9. The minimum absolute atomic E-state index is 0.106. The Morgan fingerprint density at radius 3 is 3.10 bits per heavy atom. The molecule has 8 heteroatoms. The van der Waals surface area contributed by atoms with E-state index in [9.17, 15) is 10.1 Å². The lowest BCUT2D eigenvalue weighted by atomic mass is 10.1. The van der Waals surface area contributed by atoms with Crippen LogP contribution in [-0.2, 0) is 4.74 Å². The molecule has 0 spiro atoms. The van der Waals surface area contributed by atoms with Gasteiger partial charge in [0.1, 0.15) is 18.8 Å². The molecule has 1 aromatic rings. The molecule has 1 saturated heterocycles. The number of aromatic nitrogens is 1. The largest absolute Gasteiger partial charge is 0.470 e. The Kier molecular flexibility index (Phi) is 4.35. The zero-order valence-corrected chi connectivity index (χ0v) is 11.8. The fourth-order valence-corrected chi connectivity index (χ4v) is 2.08. The molecule has 0 bridgehead atoms. The molecule has 0 amide bonds. The lowest BCUT2D eigenvalue weighted by Crippen LogP contribution is -2.52. The van der Waals surface area contributed by atoms with Crippen LogP contribution in [0, 0.1) is 21.4 Å². The summed E-state index contributed by atoms with van der Waals surface area (Å²) in [4.78, 5) is 14.2. The maximum atomic E-state index is 11.0. The van der Waals surface area contributed by atoms with Gasteiger partial charge in [-0.1, -0.05) is 0 Å². The van der Waals surface area contributed by atoms with Gasteiger partial charge in [-0.05, 0) is 13.8 Å². The molecule has 112 valence electrons. The third-order valence-corrected chi connectivity index (χ3v) is 2.97. The van der Waals surface area contributed by atoms with Crippen LogP contribution in [0.2, 0.25) is 0 Å². The summed E-state index contributed by atoms with van der Waals surface area (Å²) in [6.45, 7) is 5.39. The number of hydrogen-bond donors (Lipinski definition) is 1. The molecule has 21 heavy (non-hydrogen) atoms. The maximum Gasteiger partial charge on any atom is 0.332 e. The zero-order chi connectivity index (χ0) is 15.5. The van der Waals surface area contributed by atoms with Gasteiger partial charge in [0.05, 0.1) is 16.1 Å². The van der Waals surface area contributed by atoms with Crippen LogP contribution >= 0.6 is 0 Å². The number of rotatable bonds is 4. The van der Waals surface area contributed by atoms with Crippen molar-refractivity contribution in [2.75, 3.05) is 19.7 Å². The highest BCUT2D eigenvalue weighted by atomic mass is 16.6. The summed E-state index contributed by atoms with van der Waals surface area (Å²) in [6, 6.07) is 2.95. The average Bonchev–Trinajstić information content (AvgIpc) is 2.43. The number of ether oxygens (including phenoxy) is 2. The first-order chi connectivity index (χ1) is 9.91. The van der Waals surface area contributed by atoms with Gasteiger partial charge in [-0.15, -0.1) is 0 Å². The number of nitriles is 1. The van der Waals surface area contributed by atoms with Gasteiger partial charge in [-0.3, -0.25) is 10.1 Å². The van der Waals surface area contributed by atoms with Crippen molar-refractivity contribution < 1.29 is 14.4 Å². The number of nitro groups is 1. The fourth-order valence-electron chi connectivity index (χ4n) is 2.08. The number of nitrogens with one attached hydrogen (secondary N) is 1. The second kappa shape index (κ2) is 6.03. The lowest BCUT2D eigenvalue weighted by Gasteiger charge is -2.36. The smallest absolute Gasteiger partial charge is 0.332 e. The highest BCUT2D eigenvalue weighted by Crippen LogP contribution is 2.25. The molecule has 8 nitrogen and oxygen atoms in total. The number of pyridine rings is 1. The van der Waals surface area contributed by atoms with Crippen molar-refractivity contribution in [1.82, 2.24) is 10.3 Å². The van der Waals surface area contributed by atoms with Gasteiger partial charge in [0.2, 0.25) is 0 Å². The van der Waals surface area contributed by atoms with E-state index >= 15 is 0 Å². The van der Waals surface area contributed by atoms with E-state index < -0.39 is 4.92 Å². The molecule has 1 aromatic heterocycles. The van der Waals surface area contributed by atoms with Crippen molar-refractivity contribution in [3.8, 4) is 11.9 Å². The normalized spacial score (nSPS) is 20.5. The molecule has 0 aliphatic carbocycles. The highest BCUT2D eigenvalue weighted by molar-refractivity contribution is 5.46. The standard InChI is InChI=1S/C13H16N4O4/c1-13(2)8-15-6-10(21-13)7-20-12-11(17(18)19)3-9(4-14)5-16-12/h3,5,10,15H,6-8H2,1-2H3. The quantitative estimate of drug-likeness (QED) is 0.651. The summed E-state index contributed by atoms with van der Waals surface area (Å²) < 4.78 is 11.2. The van der Waals surface area contributed by atoms with E-state index in [0.717, 1.165) is 12.6 Å². The zero-order valence-electron chi connectivity index (χ0n) is 11.8. The van der Waals surface area contributed by atoms with E-state index in [1.807, 2.05) is 19.9 Å². The lowest BCUT2D eigenvalue weighted by molar-refractivity contribution is -0.386. The topological polar surface area (TPSA) is 110 Å². The molecule has 2 rings (SSSR count). The summed E-state index contributed by atoms with van der Waals surface area (Å²) in [6.07, 6.45) is 1.03. The van der Waals surface area contributed by atoms with Gasteiger partial charge in [-0.2, -0.15) is 5.26 Å². The molecule has 1 aliphatic heterocycles. The molecule has 1 unspecified atom stereocenters. The van der Waals surface area contributed by atoms with Gasteiger partial charge >= 0.3 is 5.69 Å². The van der Waals surface area contributed by atoms with Crippen LogP contribution in [0.1, 0.15) is 19.4 Å². The molecular formula is C13H16N4O4. The van der Waals surface area contributed by atoms with Crippen molar-refractivity contribution in [3.63, 3.8) is 0 Å². The first kappa shape index (κ1) is 15.2. The van der Waals surface area contributed by atoms with Crippen LogP contribution < -0.4 is 10.1 Å². The highest BCUT2D eigenvalue weighted by Gasteiger charge is 2.29.